The molecule has 0 atom stereocenters. The van der Waals surface area contributed by atoms with E-state index in [1.54, 1.807) is 11.8 Å². The van der Waals surface area contributed by atoms with Crippen molar-refractivity contribution >= 4 is 11.8 Å². The first-order valence-electron chi connectivity index (χ1n) is 9.20. The monoisotopic (exact) mass is 351 g/mol. The Labute approximate surface area is 148 Å². The summed E-state index contributed by atoms with van der Waals surface area (Å²) in [5, 5.41) is 0.991. The summed E-state index contributed by atoms with van der Waals surface area (Å²) in [4.78, 5) is 19.4. The van der Waals surface area contributed by atoms with Gasteiger partial charge in [0, 0.05) is 43.2 Å². The van der Waals surface area contributed by atoms with Gasteiger partial charge >= 0.3 is 5.69 Å². The normalized spacial score (nSPS) is 18.3. The SMILES string of the molecule is CC(C)CSc1nc(=O)n(CCCN2CCOCC2)c2c1CCC2. The second kappa shape index (κ2) is 8.50. The van der Waals surface area contributed by atoms with Crippen LogP contribution >= 0.6 is 11.8 Å². The van der Waals surface area contributed by atoms with Gasteiger partial charge in [-0.15, -0.1) is 11.8 Å². The lowest BCUT2D eigenvalue weighted by Crippen LogP contribution is -2.37. The fourth-order valence-corrected chi connectivity index (χ4v) is 4.49. The Balaban J connectivity index is 1.67. The zero-order chi connectivity index (χ0) is 16.9. The van der Waals surface area contributed by atoms with Crippen molar-refractivity contribution in [2.75, 3.05) is 38.6 Å². The van der Waals surface area contributed by atoms with Crippen LogP contribution in [0.15, 0.2) is 9.82 Å². The van der Waals surface area contributed by atoms with Gasteiger partial charge in [-0.2, -0.15) is 4.98 Å². The topological polar surface area (TPSA) is 47.4 Å². The Morgan fingerprint density at radius 1 is 1.21 bits per heavy atom. The summed E-state index contributed by atoms with van der Waals surface area (Å²) >= 11 is 1.76. The van der Waals surface area contributed by atoms with E-state index in [-0.39, 0.29) is 5.69 Å². The van der Waals surface area contributed by atoms with Gasteiger partial charge in [0.25, 0.3) is 0 Å². The first kappa shape index (κ1) is 18.0. The Bertz CT molecular complexity index is 609. The summed E-state index contributed by atoms with van der Waals surface area (Å²) in [5.74, 6) is 1.64. The van der Waals surface area contributed by atoms with E-state index in [0.29, 0.717) is 5.92 Å². The van der Waals surface area contributed by atoms with E-state index in [1.165, 1.54) is 11.3 Å². The highest BCUT2D eigenvalue weighted by Crippen LogP contribution is 2.30. The van der Waals surface area contributed by atoms with Gasteiger partial charge in [-0.1, -0.05) is 13.8 Å². The smallest absolute Gasteiger partial charge is 0.348 e. The fraction of sp³-hybridized carbons (Fsp3) is 0.778. The quantitative estimate of drug-likeness (QED) is 0.557. The molecule has 0 N–H and O–H groups in total. The van der Waals surface area contributed by atoms with Crippen molar-refractivity contribution in [1.82, 2.24) is 14.5 Å². The number of hydrogen-bond donors (Lipinski definition) is 0. The molecule has 1 aromatic rings. The lowest BCUT2D eigenvalue weighted by atomic mass is 10.2. The number of hydrogen-bond acceptors (Lipinski definition) is 5. The van der Waals surface area contributed by atoms with Crippen LogP contribution in [0.2, 0.25) is 0 Å². The number of ether oxygens (including phenoxy) is 1. The zero-order valence-electron chi connectivity index (χ0n) is 14.9. The molecule has 6 heteroatoms. The van der Waals surface area contributed by atoms with Crippen molar-refractivity contribution in [3.63, 3.8) is 0 Å². The summed E-state index contributed by atoms with van der Waals surface area (Å²) in [7, 11) is 0. The molecule has 2 aliphatic rings. The molecule has 1 aliphatic heterocycles. The van der Waals surface area contributed by atoms with Crippen LogP contribution in [0, 0.1) is 5.92 Å². The van der Waals surface area contributed by atoms with Crippen LogP contribution < -0.4 is 5.69 Å². The van der Waals surface area contributed by atoms with Crippen molar-refractivity contribution in [2.45, 2.75) is 51.1 Å². The minimum Gasteiger partial charge on any atom is -0.379 e. The van der Waals surface area contributed by atoms with Crippen molar-refractivity contribution < 1.29 is 4.74 Å². The molecule has 0 spiro atoms. The molecule has 0 bridgehead atoms. The van der Waals surface area contributed by atoms with Crippen LogP contribution in [0.3, 0.4) is 0 Å². The fourth-order valence-electron chi connectivity index (χ4n) is 3.46. The van der Waals surface area contributed by atoms with E-state index < -0.39 is 0 Å². The molecule has 0 amide bonds. The summed E-state index contributed by atoms with van der Waals surface area (Å²) in [6.45, 7) is 9.93. The third-order valence-electron chi connectivity index (χ3n) is 4.71. The first-order valence-corrected chi connectivity index (χ1v) is 10.2. The Morgan fingerprint density at radius 3 is 2.75 bits per heavy atom. The molecule has 2 heterocycles. The molecule has 5 nitrogen and oxygen atoms in total. The summed E-state index contributed by atoms with van der Waals surface area (Å²) < 4.78 is 7.33. The van der Waals surface area contributed by atoms with E-state index in [0.717, 1.165) is 75.9 Å². The second-order valence-electron chi connectivity index (χ2n) is 7.14. The molecular weight excluding hydrogens is 322 g/mol. The third-order valence-corrected chi connectivity index (χ3v) is 6.16. The molecular formula is C18H29N3O2S. The Kier molecular flexibility index (Phi) is 6.36. The van der Waals surface area contributed by atoms with Crippen LogP contribution in [0.1, 0.15) is 37.9 Å². The molecule has 0 aromatic carbocycles. The average molecular weight is 352 g/mol. The minimum atomic E-state index is -0.0520. The van der Waals surface area contributed by atoms with Crippen LogP contribution in [-0.2, 0) is 24.1 Å². The number of aromatic nitrogens is 2. The summed E-state index contributed by atoms with van der Waals surface area (Å²) in [5.41, 5.74) is 2.54. The standard InChI is InChI=1S/C18H29N3O2S/c1-14(2)13-24-17-15-5-3-6-16(15)21(18(22)19-17)8-4-7-20-9-11-23-12-10-20/h14H,3-13H2,1-2H3. The predicted molar refractivity (Wildman–Crippen MR) is 98.0 cm³/mol. The molecule has 1 fully saturated rings. The van der Waals surface area contributed by atoms with Gasteiger partial charge in [-0.3, -0.25) is 9.47 Å². The molecule has 0 saturated carbocycles. The first-order chi connectivity index (χ1) is 11.6. The number of thioether (sulfide) groups is 1. The van der Waals surface area contributed by atoms with Gasteiger partial charge in [0.2, 0.25) is 0 Å². The number of rotatable bonds is 7. The van der Waals surface area contributed by atoms with Gasteiger partial charge in [-0.05, 0) is 31.6 Å². The number of morpholine rings is 1. The maximum Gasteiger partial charge on any atom is 0.348 e. The molecule has 1 aromatic heterocycles. The predicted octanol–water partition coefficient (Wildman–Crippen LogP) is 2.20. The molecule has 0 radical (unpaired) electrons. The van der Waals surface area contributed by atoms with Gasteiger partial charge < -0.3 is 4.74 Å². The van der Waals surface area contributed by atoms with Crippen LogP contribution in [0.25, 0.3) is 0 Å². The lowest BCUT2D eigenvalue weighted by Gasteiger charge is -2.26. The molecule has 24 heavy (non-hydrogen) atoms. The highest BCUT2D eigenvalue weighted by atomic mass is 32.2. The van der Waals surface area contributed by atoms with Crippen LogP contribution in [0.5, 0.6) is 0 Å². The van der Waals surface area contributed by atoms with Crippen molar-refractivity contribution in [2.24, 2.45) is 5.92 Å². The van der Waals surface area contributed by atoms with Crippen molar-refractivity contribution in [1.29, 1.82) is 0 Å². The van der Waals surface area contributed by atoms with Gasteiger partial charge in [0.05, 0.1) is 13.2 Å². The third kappa shape index (κ3) is 4.41. The maximum atomic E-state index is 12.5. The lowest BCUT2D eigenvalue weighted by molar-refractivity contribution is 0.0368. The zero-order valence-corrected chi connectivity index (χ0v) is 15.7. The Hall–Kier alpha value is -0.850. The van der Waals surface area contributed by atoms with E-state index in [9.17, 15) is 4.79 Å². The highest BCUT2D eigenvalue weighted by Gasteiger charge is 2.22. The van der Waals surface area contributed by atoms with E-state index >= 15 is 0 Å². The number of nitrogens with zero attached hydrogens (tertiary/aromatic N) is 3. The van der Waals surface area contributed by atoms with Crippen LogP contribution in [-0.4, -0.2) is 53.1 Å². The highest BCUT2D eigenvalue weighted by molar-refractivity contribution is 7.99. The van der Waals surface area contributed by atoms with E-state index in [2.05, 4.69) is 23.7 Å². The van der Waals surface area contributed by atoms with Crippen LogP contribution in [0.4, 0.5) is 0 Å². The number of fused-ring (bicyclic) bond motifs is 1. The van der Waals surface area contributed by atoms with Gasteiger partial charge in [-0.25, -0.2) is 4.79 Å². The average Bonchev–Trinajstić information content (AvgIpc) is 3.05. The molecule has 1 saturated heterocycles. The molecule has 134 valence electrons. The van der Waals surface area contributed by atoms with Gasteiger partial charge in [0.15, 0.2) is 0 Å². The second-order valence-corrected chi connectivity index (χ2v) is 8.15. The Morgan fingerprint density at radius 2 is 2.00 bits per heavy atom. The summed E-state index contributed by atoms with van der Waals surface area (Å²) in [6, 6.07) is 0. The minimum absolute atomic E-state index is 0.0520. The van der Waals surface area contributed by atoms with Crippen molar-refractivity contribution in [3.05, 3.63) is 21.7 Å². The maximum absolute atomic E-state index is 12.5. The van der Waals surface area contributed by atoms with Gasteiger partial charge in [0.1, 0.15) is 5.03 Å². The molecule has 3 rings (SSSR count). The molecule has 0 unspecified atom stereocenters. The molecule has 1 aliphatic carbocycles. The summed E-state index contributed by atoms with van der Waals surface area (Å²) in [6.07, 6.45) is 4.26. The largest absolute Gasteiger partial charge is 0.379 e. The van der Waals surface area contributed by atoms with E-state index in [1.807, 2.05) is 4.57 Å². The van der Waals surface area contributed by atoms with E-state index in [4.69, 9.17) is 4.74 Å². The van der Waals surface area contributed by atoms with Crippen molar-refractivity contribution in [3.8, 4) is 0 Å².